The third-order valence-electron chi connectivity index (χ3n) is 2.13. The van der Waals surface area contributed by atoms with Crippen LogP contribution < -0.4 is 10.6 Å². The molecule has 0 saturated carbocycles. The van der Waals surface area contributed by atoms with Crippen molar-refractivity contribution in [2.45, 2.75) is 6.92 Å². The molecule has 2 N–H and O–H groups in total. The number of benzene rings is 1. The Morgan fingerprint density at radius 2 is 1.95 bits per heavy atom. The molecular weight excluding hydrogens is 351 g/mol. The van der Waals surface area contributed by atoms with Crippen LogP contribution in [0.5, 0.6) is 0 Å². The predicted molar refractivity (Wildman–Crippen MR) is 76.0 cm³/mol. The van der Waals surface area contributed by atoms with Crippen molar-refractivity contribution in [1.29, 1.82) is 0 Å². The summed E-state index contributed by atoms with van der Waals surface area (Å²) in [5.41, 5.74) is -0.0817. The fourth-order valence-corrected chi connectivity index (χ4v) is 2.19. The van der Waals surface area contributed by atoms with E-state index in [4.69, 9.17) is 0 Å². The van der Waals surface area contributed by atoms with Gasteiger partial charge in [0.2, 0.25) is 5.13 Å². The van der Waals surface area contributed by atoms with Gasteiger partial charge in [-0.05, 0) is 25.1 Å². The van der Waals surface area contributed by atoms with Crippen molar-refractivity contribution < 1.29 is 14.0 Å². The number of aromatic nitrogens is 2. The number of rotatable bonds is 2. The van der Waals surface area contributed by atoms with Gasteiger partial charge in [-0.1, -0.05) is 27.3 Å². The molecule has 0 spiro atoms. The number of carbonyl (C=O) groups excluding carboxylic acids is 2. The standard InChI is InChI=1S/C11H8BrFN4O2S/c1-5-16-17-11(20-5)15-10(19)9(18)14-8-3-2-6(12)4-7(8)13/h2-4H,1H3,(H,14,18)(H,15,17,19). The van der Waals surface area contributed by atoms with Gasteiger partial charge >= 0.3 is 11.8 Å². The lowest BCUT2D eigenvalue weighted by Crippen LogP contribution is -2.29. The third kappa shape index (κ3) is 3.58. The van der Waals surface area contributed by atoms with Crippen LogP contribution in [0.3, 0.4) is 0 Å². The number of nitrogens with zero attached hydrogens (tertiary/aromatic N) is 2. The molecule has 0 radical (unpaired) electrons. The number of hydrogen-bond donors (Lipinski definition) is 2. The van der Waals surface area contributed by atoms with Crippen molar-refractivity contribution in [2.75, 3.05) is 10.6 Å². The third-order valence-corrected chi connectivity index (χ3v) is 3.38. The van der Waals surface area contributed by atoms with Crippen molar-refractivity contribution in [3.8, 4) is 0 Å². The Kier molecular flexibility index (Phi) is 4.40. The molecule has 0 bridgehead atoms. The summed E-state index contributed by atoms with van der Waals surface area (Å²) >= 11 is 4.22. The lowest BCUT2D eigenvalue weighted by atomic mass is 10.3. The second-order valence-electron chi connectivity index (χ2n) is 3.66. The zero-order valence-electron chi connectivity index (χ0n) is 10.1. The van der Waals surface area contributed by atoms with Crippen LogP contribution in [-0.4, -0.2) is 22.0 Å². The molecule has 2 rings (SSSR count). The molecule has 1 aromatic heterocycles. The van der Waals surface area contributed by atoms with Crippen LogP contribution in [0.2, 0.25) is 0 Å². The fraction of sp³-hybridized carbons (Fsp3) is 0.0909. The summed E-state index contributed by atoms with van der Waals surface area (Å²) in [5.74, 6) is -2.57. The van der Waals surface area contributed by atoms with Gasteiger partial charge in [0.15, 0.2) is 0 Å². The molecule has 1 aromatic carbocycles. The first kappa shape index (κ1) is 14.5. The van der Waals surface area contributed by atoms with E-state index in [-0.39, 0.29) is 10.8 Å². The van der Waals surface area contributed by atoms with E-state index in [1.54, 1.807) is 13.0 Å². The first-order chi connectivity index (χ1) is 9.45. The van der Waals surface area contributed by atoms with Gasteiger partial charge in [0.1, 0.15) is 10.8 Å². The van der Waals surface area contributed by atoms with E-state index in [2.05, 4.69) is 36.8 Å². The molecule has 0 unspecified atom stereocenters. The maximum absolute atomic E-state index is 13.5. The molecule has 9 heteroatoms. The minimum atomic E-state index is -0.987. The lowest BCUT2D eigenvalue weighted by Gasteiger charge is -2.05. The van der Waals surface area contributed by atoms with E-state index in [0.717, 1.165) is 11.3 Å². The maximum Gasteiger partial charge on any atom is 0.315 e. The van der Waals surface area contributed by atoms with E-state index >= 15 is 0 Å². The number of amides is 2. The minimum absolute atomic E-state index is 0.0817. The molecule has 0 aliphatic rings. The van der Waals surface area contributed by atoms with E-state index < -0.39 is 17.6 Å². The highest BCUT2D eigenvalue weighted by Gasteiger charge is 2.17. The highest BCUT2D eigenvalue weighted by atomic mass is 79.9. The van der Waals surface area contributed by atoms with Crippen molar-refractivity contribution in [3.05, 3.63) is 33.5 Å². The van der Waals surface area contributed by atoms with Gasteiger partial charge in [-0.3, -0.25) is 14.9 Å². The number of anilines is 2. The van der Waals surface area contributed by atoms with Crippen molar-refractivity contribution in [3.63, 3.8) is 0 Å². The number of aryl methyl sites for hydroxylation is 1. The zero-order valence-corrected chi connectivity index (χ0v) is 12.5. The van der Waals surface area contributed by atoms with Crippen molar-refractivity contribution >= 4 is 49.9 Å². The molecule has 0 saturated heterocycles. The van der Waals surface area contributed by atoms with Gasteiger partial charge in [0.25, 0.3) is 0 Å². The number of halogens is 2. The molecule has 0 aliphatic carbocycles. The summed E-state index contributed by atoms with van der Waals surface area (Å²) in [7, 11) is 0. The van der Waals surface area contributed by atoms with Crippen LogP contribution in [0, 0.1) is 12.7 Å². The quantitative estimate of drug-likeness (QED) is 0.807. The first-order valence-electron chi connectivity index (χ1n) is 5.33. The maximum atomic E-state index is 13.5. The second-order valence-corrected chi connectivity index (χ2v) is 5.76. The van der Waals surface area contributed by atoms with Gasteiger partial charge in [0, 0.05) is 4.47 Å². The van der Waals surface area contributed by atoms with Crippen LogP contribution in [0.25, 0.3) is 0 Å². The van der Waals surface area contributed by atoms with E-state index in [9.17, 15) is 14.0 Å². The van der Waals surface area contributed by atoms with Gasteiger partial charge in [-0.15, -0.1) is 10.2 Å². The summed E-state index contributed by atoms with van der Waals surface area (Å²) in [4.78, 5) is 23.2. The molecule has 0 fully saturated rings. The Labute approximate surface area is 125 Å². The Balaban J connectivity index is 2.02. The zero-order chi connectivity index (χ0) is 14.7. The molecule has 0 atom stereocenters. The van der Waals surface area contributed by atoms with Gasteiger partial charge in [0.05, 0.1) is 5.69 Å². The van der Waals surface area contributed by atoms with Crippen LogP contribution >= 0.6 is 27.3 Å². The first-order valence-corrected chi connectivity index (χ1v) is 6.94. The van der Waals surface area contributed by atoms with Crippen molar-refractivity contribution in [2.24, 2.45) is 0 Å². The summed E-state index contributed by atoms with van der Waals surface area (Å²) in [6.07, 6.45) is 0. The van der Waals surface area contributed by atoms with Crippen molar-refractivity contribution in [1.82, 2.24) is 10.2 Å². The van der Waals surface area contributed by atoms with Crippen LogP contribution in [-0.2, 0) is 9.59 Å². The Morgan fingerprint density at radius 1 is 1.25 bits per heavy atom. The summed E-state index contributed by atoms with van der Waals surface area (Å²) in [6.45, 7) is 1.71. The smallest absolute Gasteiger partial charge is 0.315 e. The molecule has 20 heavy (non-hydrogen) atoms. The Bertz CT molecular complexity index is 676. The number of carbonyl (C=O) groups is 2. The van der Waals surface area contributed by atoms with E-state index in [1.165, 1.54) is 12.1 Å². The van der Waals surface area contributed by atoms with Gasteiger partial charge < -0.3 is 5.32 Å². The molecule has 2 amide bonds. The predicted octanol–water partition coefficient (Wildman–Crippen LogP) is 2.33. The average molecular weight is 359 g/mol. The van der Waals surface area contributed by atoms with Crippen LogP contribution in [0.4, 0.5) is 15.2 Å². The summed E-state index contributed by atoms with van der Waals surface area (Å²) in [6, 6.07) is 4.08. The molecule has 104 valence electrons. The molecule has 6 nitrogen and oxygen atoms in total. The number of nitrogens with one attached hydrogen (secondary N) is 2. The monoisotopic (exact) mass is 358 g/mol. The van der Waals surface area contributed by atoms with E-state index in [0.29, 0.717) is 9.48 Å². The Hall–Kier alpha value is -1.87. The van der Waals surface area contributed by atoms with Crippen LogP contribution in [0.15, 0.2) is 22.7 Å². The second kappa shape index (κ2) is 6.06. The van der Waals surface area contributed by atoms with Gasteiger partial charge in [-0.2, -0.15) is 0 Å². The van der Waals surface area contributed by atoms with Gasteiger partial charge in [-0.25, -0.2) is 4.39 Å². The highest BCUT2D eigenvalue weighted by molar-refractivity contribution is 9.10. The summed E-state index contributed by atoms with van der Waals surface area (Å²) in [5, 5.41) is 12.7. The summed E-state index contributed by atoms with van der Waals surface area (Å²) < 4.78 is 14.0. The normalized spacial score (nSPS) is 10.2. The van der Waals surface area contributed by atoms with E-state index in [1.807, 2.05) is 0 Å². The SMILES string of the molecule is Cc1nnc(NC(=O)C(=O)Nc2ccc(Br)cc2F)s1. The molecular formula is C11H8BrFN4O2S. The lowest BCUT2D eigenvalue weighted by molar-refractivity contribution is -0.133. The minimum Gasteiger partial charge on any atom is -0.315 e. The molecule has 2 aromatic rings. The fourth-order valence-electron chi connectivity index (χ4n) is 1.27. The highest BCUT2D eigenvalue weighted by Crippen LogP contribution is 2.19. The largest absolute Gasteiger partial charge is 0.315 e. The Morgan fingerprint density at radius 3 is 2.55 bits per heavy atom. The average Bonchev–Trinajstić information content (AvgIpc) is 2.78. The number of hydrogen-bond acceptors (Lipinski definition) is 5. The van der Waals surface area contributed by atoms with Crippen LogP contribution in [0.1, 0.15) is 5.01 Å². The molecule has 0 aliphatic heterocycles. The topological polar surface area (TPSA) is 84.0 Å². The molecule has 1 heterocycles.